The first-order chi connectivity index (χ1) is 17.3. The van der Waals surface area contributed by atoms with Gasteiger partial charge in [-0.05, 0) is 85.2 Å². The van der Waals surface area contributed by atoms with Gasteiger partial charge in [0.15, 0.2) is 5.82 Å². The molecule has 188 valence electrons. The van der Waals surface area contributed by atoms with E-state index in [1.165, 1.54) is 0 Å². The second kappa shape index (κ2) is 9.39. The van der Waals surface area contributed by atoms with Gasteiger partial charge in [0, 0.05) is 11.1 Å². The molecule has 0 radical (unpaired) electrons. The number of carbonyl (C=O) groups is 2. The van der Waals surface area contributed by atoms with Crippen LogP contribution in [0.2, 0.25) is 0 Å². The van der Waals surface area contributed by atoms with Gasteiger partial charge in [-0.3, -0.25) is 9.59 Å². The Labute approximate surface area is 208 Å². The van der Waals surface area contributed by atoms with Crippen LogP contribution < -0.4 is 23.0 Å². The minimum absolute atomic E-state index is 0.0172. The van der Waals surface area contributed by atoms with Crippen molar-refractivity contribution in [2.45, 2.75) is 62.8 Å². The van der Waals surface area contributed by atoms with Crippen LogP contribution in [0.25, 0.3) is 0 Å². The third-order valence-electron chi connectivity index (χ3n) is 7.75. The lowest BCUT2D eigenvalue weighted by Crippen LogP contribution is -2.37. The molecule has 0 atom stereocenters. The van der Waals surface area contributed by atoms with Gasteiger partial charge >= 0.3 is 5.76 Å². The molecule has 2 aliphatic rings. The molecule has 3 aromatic rings. The molecule has 9 nitrogen and oxygen atoms in total. The summed E-state index contributed by atoms with van der Waals surface area (Å²) < 4.78 is 7.44. The topological polar surface area (TPSA) is 160 Å². The zero-order valence-electron chi connectivity index (χ0n) is 20.2. The first-order valence-corrected chi connectivity index (χ1v) is 12.5. The predicted octanol–water partition coefficient (Wildman–Crippen LogP) is 2.32. The quantitative estimate of drug-likeness (QED) is 0.481. The van der Waals surface area contributed by atoms with Gasteiger partial charge in [-0.15, -0.1) is 0 Å². The molecule has 2 aliphatic carbocycles. The predicted molar refractivity (Wildman–Crippen MR) is 134 cm³/mol. The molecule has 5 rings (SSSR count). The highest BCUT2D eigenvalue weighted by molar-refractivity contribution is 5.94. The van der Waals surface area contributed by atoms with Crippen molar-refractivity contribution in [2.75, 3.05) is 6.54 Å². The highest BCUT2D eigenvalue weighted by atomic mass is 16.5. The number of aryl methyl sites for hydroxylation is 2. The van der Waals surface area contributed by atoms with Gasteiger partial charge in [0.2, 0.25) is 11.8 Å². The van der Waals surface area contributed by atoms with Crippen molar-refractivity contribution >= 4 is 11.8 Å². The molecule has 9 heteroatoms. The van der Waals surface area contributed by atoms with Crippen LogP contribution in [0, 0.1) is 0 Å². The molecule has 0 unspecified atom stereocenters. The van der Waals surface area contributed by atoms with E-state index in [-0.39, 0.29) is 6.04 Å². The number of benzene rings is 2. The Bertz CT molecular complexity index is 1320. The van der Waals surface area contributed by atoms with Gasteiger partial charge in [-0.2, -0.15) is 9.72 Å². The fraction of sp³-hybridized carbons (Fsp3) is 0.407. The molecule has 6 N–H and O–H groups in total. The zero-order valence-corrected chi connectivity index (χ0v) is 20.2. The van der Waals surface area contributed by atoms with Crippen molar-refractivity contribution in [3.63, 3.8) is 0 Å². The number of fused-ring (bicyclic) bond motifs is 2. The standard InChI is InChI=1S/C27H31N5O4/c28-13-12-27(25-31-26(35)36-32(25)20-4-2-1-3-5-20)21-10-8-18(23(29)33)14-16(21)6-7-17-15-19(24(30)34)9-11-22(17)27/h8-11,14-15,20H,1-7,12-13,28H2,(H2,29,33)(H2,30,34). The molecule has 1 aromatic heterocycles. The van der Waals surface area contributed by atoms with E-state index < -0.39 is 23.0 Å². The van der Waals surface area contributed by atoms with Crippen LogP contribution in [-0.4, -0.2) is 28.1 Å². The molecule has 0 bridgehead atoms. The fourth-order valence-electron chi connectivity index (χ4n) is 6.12. The van der Waals surface area contributed by atoms with Crippen molar-refractivity contribution in [3.8, 4) is 0 Å². The van der Waals surface area contributed by atoms with Crippen LogP contribution in [0.5, 0.6) is 0 Å². The minimum Gasteiger partial charge on any atom is -0.366 e. The van der Waals surface area contributed by atoms with Crippen LogP contribution in [0.4, 0.5) is 0 Å². The number of aromatic nitrogens is 2. The van der Waals surface area contributed by atoms with Gasteiger partial charge in [0.05, 0.1) is 11.5 Å². The summed E-state index contributed by atoms with van der Waals surface area (Å²) in [7, 11) is 0. The number of hydrogen-bond acceptors (Lipinski definition) is 6. The first kappa shape index (κ1) is 24.0. The molecule has 0 aliphatic heterocycles. The van der Waals surface area contributed by atoms with Crippen molar-refractivity contribution in [1.82, 2.24) is 9.72 Å². The Morgan fingerprint density at radius 3 is 2.00 bits per heavy atom. The first-order valence-electron chi connectivity index (χ1n) is 12.5. The Balaban J connectivity index is 1.85. The monoisotopic (exact) mass is 489 g/mol. The van der Waals surface area contributed by atoms with E-state index in [0.29, 0.717) is 42.8 Å². The number of primary amides is 2. The lowest BCUT2D eigenvalue weighted by atomic mass is 9.69. The maximum absolute atomic E-state index is 12.7. The number of nitrogens with two attached hydrogens (primary N) is 3. The van der Waals surface area contributed by atoms with E-state index in [4.69, 9.17) is 21.7 Å². The summed E-state index contributed by atoms with van der Waals surface area (Å²) in [5, 5.41) is 0. The van der Waals surface area contributed by atoms with Gasteiger partial charge in [-0.1, -0.05) is 31.4 Å². The zero-order chi connectivity index (χ0) is 25.4. The molecule has 0 spiro atoms. The van der Waals surface area contributed by atoms with Crippen LogP contribution in [-0.2, 0) is 18.3 Å². The molecular weight excluding hydrogens is 458 g/mol. The average Bonchev–Trinajstić information content (AvgIpc) is 3.22. The fourth-order valence-corrected chi connectivity index (χ4v) is 6.12. The molecule has 1 heterocycles. The summed E-state index contributed by atoms with van der Waals surface area (Å²) in [5.74, 6) is -1.17. The largest absolute Gasteiger partial charge is 0.459 e. The molecular formula is C27H31N5O4. The molecule has 2 amide bonds. The lowest BCUT2D eigenvalue weighted by molar-refractivity contribution is 0.0991. The summed E-state index contributed by atoms with van der Waals surface area (Å²) >= 11 is 0. The van der Waals surface area contributed by atoms with Gasteiger partial charge < -0.3 is 21.7 Å². The second-order valence-electron chi connectivity index (χ2n) is 9.83. The Morgan fingerprint density at radius 1 is 0.944 bits per heavy atom. The van der Waals surface area contributed by atoms with E-state index >= 15 is 0 Å². The molecule has 1 saturated carbocycles. The number of hydrogen-bond donors (Lipinski definition) is 3. The Kier molecular flexibility index (Phi) is 6.26. The SMILES string of the molecule is NCCC1(c2nc(=O)on2C2CCCCC2)c2ccc(C(N)=O)cc2CCc2cc(C(N)=O)ccc21. The number of carbonyl (C=O) groups excluding carboxylic acids is 2. The Morgan fingerprint density at radius 2 is 1.50 bits per heavy atom. The van der Waals surface area contributed by atoms with Gasteiger partial charge in [0.1, 0.15) is 0 Å². The van der Waals surface area contributed by atoms with Crippen LogP contribution in [0.1, 0.15) is 93.4 Å². The van der Waals surface area contributed by atoms with Gasteiger partial charge in [0.25, 0.3) is 0 Å². The summed E-state index contributed by atoms with van der Waals surface area (Å²) in [6.07, 6.45) is 6.68. The maximum atomic E-state index is 12.7. The Hall–Kier alpha value is -3.72. The van der Waals surface area contributed by atoms with Crippen LogP contribution >= 0.6 is 0 Å². The van der Waals surface area contributed by atoms with E-state index in [2.05, 4.69) is 4.98 Å². The van der Waals surface area contributed by atoms with Crippen molar-refractivity contribution in [1.29, 1.82) is 0 Å². The summed E-state index contributed by atoms with van der Waals surface area (Å²) in [6, 6.07) is 10.8. The molecule has 36 heavy (non-hydrogen) atoms. The van der Waals surface area contributed by atoms with E-state index in [0.717, 1.165) is 54.4 Å². The molecule has 0 saturated heterocycles. The second-order valence-corrected chi connectivity index (χ2v) is 9.83. The van der Waals surface area contributed by atoms with E-state index in [1.807, 2.05) is 24.3 Å². The summed E-state index contributed by atoms with van der Waals surface area (Å²) in [4.78, 5) is 41.2. The summed E-state index contributed by atoms with van der Waals surface area (Å²) in [6.45, 7) is 0.305. The van der Waals surface area contributed by atoms with Crippen molar-refractivity contribution in [3.05, 3.63) is 86.2 Å². The minimum atomic E-state index is -0.925. The van der Waals surface area contributed by atoms with Crippen LogP contribution in [0.15, 0.2) is 45.7 Å². The smallest absolute Gasteiger partial charge is 0.366 e. The van der Waals surface area contributed by atoms with Crippen LogP contribution in [0.3, 0.4) is 0 Å². The van der Waals surface area contributed by atoms with Crippen molar-refractivity contribution in [2.24, 2.45) is 17.2 Å². The third kappa shape index (κ3) is 3.93. The van der Waals surface area contributed by atoms with E-state index in [1.54, 1.807) is 16.9 Å². The highest BCUT2D eigenvalue weighted by Gasteiger charge is 2.46. The molecule has 2 aromatic carbocycles. The third-order valence-corrected chi connectivity index (χ3v) is 7.75. The number of rotatable bonds is 6. The average molecular weight is 490 g/mol. The maximum Gasteiger partial charge on any atom is 0.459 e. The number of nitrogens with zero attached hydrogens (tertiary/aromatic N) is 2. The van der Waals surface area contributed by atoms with E-state index in [9.17, 15) is 14.4 Å². The molecule has 1 fully saturated rings. The summed E-state index contributed by atoms with van der Waals surface area (Å²) in [5.41, 5.74) is 21.0. The number of amides is 2. The van der Waals surface area contributed by atoms with Crippen molar-refractivity contribution < 1.29 is 14.1 Å². The normalized spacial score (nSPS) is 17.1. The highest BCUT2D eigenvalue weighted by Crippen LogP contribution is 2.47. The van der Waals surface area contributed by atoms with Gasteiger partial charge in [-0.25, -0.2) is 4.79 Å². The lowest BCUT2D eigenvalue weighted by Gasteiger charge is -2.37.